The van der Waals surface area contributed by atoms with Crippen molar-refractivity contribution in [2.75, 3.05) is 11.6 Å². The minimum atomic E-state index is -0.445. The van der Waals surface area contributed by atoms with Crippen molar-refractivity contribution in [3.63, 3.8) is 0 Å². The van der Waals surface area contributed by atoms with Gasteiger partial charge in [-0.25, -0.2) is 0 Å². The second-order valence-corrected chi connectivity index (χ2v) is 7.50. The van der Waals surface area contributed by atoms with E-state index in [-0.39, 0.29) is 23.6 Å². The van der Waals surface area contributed by atoms with Crippen molar-refractivity contribution in [3.8, 4) is 0 Å². The second-order valence-electron chi connectivity index (χ2n) is 6.50. The van der Waals surface area contributed by atoms with Crippen molar-refractivity contribution >= 4 is 23.6 Å². The molecule has 0 unspecified atom stereocenters. The van der Waals surface area contributed by atoms with Crippen LogP contribution in [0.15, 0.2) is 10.6 Å². The molecular formula is C16H25N3O3S. The average molecular weight is 339 g/mol. The molecule has 0 aliphatic carbocycles. The van der Waals surface area contributed by atoms with Crippen molar-refractivity contribution in [1.29, 1.82) is 0 Å². The van der Waals surface area contributed by atoms with Gasteiger partial charge in [0.15, 0.2) is 0 Å². The molecule has 2 amide bonds. The Morgan fingerprint density at radius 3 is 2.78 bits per heavy atom. The van der Waals surface area contributed by atoms with Gasteiger partial charge < -0.3 is 14.7 Å². The molecule has 1 aromatic heterocycles. The first-order valence-corrected chi connectivity index (χ1v) is 9.16. The van der Waals surface area contributed by atoms with Crippen LogP contribution in [0, 0.1) is 12.8 Å². The Balaban J connectivity index is 1.95. The minimum absolute atomic E-state index is 0.0872. The standard InChI is InChI=1S/C16H25N3O3S/c1-10(2)5-6-11(3)17-15(20)13-8-23-9-19(13)16(21)14-7-12(4)18-22-14/h7,10-11,13H,5-6,8-9H2,1-4H3,(H,17,20)/t11-,13+/m1/s1. The van der Waals surface area contributed by atoms with E-state index in [1.54, 1.807) is 29.7 Å². The molecule has 2 atom stereocenters. The van der Waals surface area contributed by atoms with E-state index in [2.05, 4.69) is 24.3 Å². The van der Waals surface area contributed by atoms with Gasteiger partial charge in [0.2, 0.25) is 11.7 Å². The molecule has 1 N–H and O–H groups in total. The Morgan fingerprint density at radius 2 is 2.17 bits per heavy atom. The van der Waals surface area contributed by atoms with Crippen LogP contribution in [0.2, 0.25) is 0 Å². The van der Waals surface area contributed by atoms with E-state index < -0.39 is 6.04 Å². The number of carbonyl (C=O) groups is 2. The number of aryl methyl sites for hydroxylation is 1. The smallest absolute Gasteiger partial charge is 0.293 e. The molecule has 1 aliphatic rings. The Labute approximate surface area is 141 Å². The summed E-state index contributed by atoms with van der Waals surface area (Å²) in [7, 11) is 0. The Kier molecular flexibility index (Phi) is 6.10. The molecule has 1 saturated heterocycles. The van der Waals surface area contributed by atoms with E-state index in [1.165, 1.54) is 0 Å². The molecule has 0 aromatic carbocycles. The summed E-state index contributed by atoms with van der Waals surface area (Å²) in [5.41, 5.74) is 0.656. The summed E-state index contributed by atoms with van der Waals surface area (Å²) in [6.07, 6.45) is 2.01. The predicted molar refractivity (Wildman–Crippen MR) is 90.2 cm³/mol. The SMILES string of the molecule is Cc1cc(C(=O)N2CSC[C@H]2C(=O)N[C@H](C)CCC(C)C)on1. The van der Waals surface area contributed by atoms with Crippen LogP contribution < -0.4 is 5.32 Å². The van der Waals surface area contributed by atoms with Gasteiger partial charge in [-0.1, -0.05) is 19.0 Å². The predicted octanol–water partition coefficient (Wildman–Crippen LogP) is 2.44. The number of aromatic nitrogens is 1. The summed E-state index contributed by atoms with van der Waals surface area (Å²) in [4.78, 5) is 26.5. The normalized spacial score (nSPS) is 19.2. The van der Waals surface area contributed by atoms with Gasteiger partial charge in [-0.2, -0.15) is 0 Å². The van der Waals surface area contributed by atoms with Crippen LogP contribution in [0.25, 0.3) is 0 Å². The van der Waals surface area contributed by atoms with E-state index >= 15 is 0 Å². The summed E-state index contributed by atoms with van der Waals surface area (Å²) >= 11 is 1.58. The van der Waals surface area contributed by atoms with E-state index in [4.69, 9.17) is 4.52 Å². The highest BCUT2D eigenvalue weighted by Crippen LogP contribution is 2.24. The monoisotopic (exact) mass is 339 g/mol. The number of hydrogen-bond acceptors (Lipinski definition) is 5. The molecule has 1 aromatic rings. The number of amides is 2. The van der Waals surface area contributed by atoms with Crippen LogP contribution >= 0.6 is 11.8 Å². The maximum Gasteiger partial charge on any atom is 0.293 e. The molecule has 1 fully saturated rings. The van der Waals surface area contributed by atoms with Crippen molar-refractivity contribution < 1.29 is 14.1 Å². The number of hydrogen-bond donors (Lipinski definition) is 1. The Hall–Kier alpha value is -1.50. The van der Waals surface area contributed by atoms with Gasteiger partial charge in [-0.3, -0.25) is 9.59 Å². The third-order valence-electron chi connectivity index (χ3n) is 3.85. The summed E-state index contributed by atoms with van der Waals surface area (Å²) in [6, 6.07) is 1.27. The van der Waals surface area contributed by atoms with Crippen molar-refractivity contribution in [2.45, 2.75) is 52.6 Å². The van der Waals surface area contributed by atoms with Gasteiger partial charge in [0.05, 0.1) is 11.6 Å². The van der Waals surface area contributed by atoms with E-state index in [0.29, 0.717) is 23.2 Å². The van der Waals surface area contributed by atoms with Crippen LogP contribution in [0.1, 0.15) is 49.9 Å². The van der Waals surface area contributed by atoms with Gasteiger partial charge >= 0.3 is 0 Å². The number of nitrogens with one attached hydrogen (secondary N) is 1. The van der Waals surface area contributed by atoms with E-state index in [0.717, 1.165) is 12.8 Å². The number of thioether (sulfide) groups is 1. The molecule has 0 bridgehead atoms. The largest absolute Gasteiger partial charge is 0.352 e. The molecule has 128 valence electrons. The summed E-state index contributed by atoms with van der Waals surface area (Å²) < 4.78 is 5.03. The Bertz CT molecular complexity index is 559. The fourth-order valence-corrected chi connectivity index (χ4v) is 3.61. The van der Waals surface area contributed by atoms with Crippen LogP contribution in [-0.4, -0.2) is 45.6 Å². The van der Waals surface area contributed by atoms with Crippen LogP contribution in [-0.2, 0) is 4.79 Å². The molecule has 2 heterocycles. The third kappa shape index (κ3) is 4.73. The molecule has 0 saturated carbocycles. The van der Waals surface area contributed by atoms with Gasteiger partial charge in [0.1, 0.15) is 6.04 Å². The Morgan fingerprint density at radius 1 is 1.43 bits per heavy atom. The third-order valence-corrected chi connectivity index (χ3v) is 4.86. The summed E-state index contributed by atoms with van der Waals surface area (Å²) in [5, 5.41) is 6.76. The van der Waals surface area contributed by atoms with Crippen molar-refractivity contribution in [2.24, 2.45) is 5.92 Å². The van der Waals surface area contributed by atoms with Crippen molar-refractivity contribution in [1.82, 2.24) is 15.4 Å². The molecule has 0 radical (unpaired) electrons. The topological polar surface area (TPSA) is 75.4 Å². The van der Waals surface area contributed by atoms with Gasteiger partial charge in [-0.05, 0) is 32.6 Å². The van der Waals surface area contributed by atoms with Gasteiger partial charge in [-0.15, -0.1) is 11.8 Å². The van der Waals surface area contributed by atoms with Crippen LogP contribution in [0.3, 0.4) is 0 Å². The first-order chi connectivity index (χ1) is 10.9. The number of carbonyl (C=O) groups excluding carboxylic acids is 2. The molecule has 1 aliphatic heterocycles. The van der Waals surface area contributed by atoms with Gasteiger partial charge in [0, 0.05) is 17.9 Å². The highest BCUT2D eigenvalue weighted by atomic mass is 32.2. The summed E-state index contributed by atoms with van der Waals surface area (Å²) in [6.45, 7) is 8.11. The summed E-state index contributed by atoms with van der Waals surface area (Å²) in [5.74, 6) is 1.56. The zero-order chi connectivity index (χ0) is 17.0. The lowest BCUT2D eigenvalue weighted by Crippen LogP contribution is -2.49. The van der Waals surface area contributed by atoms with E-state index in [9.17, 15) is 9.59 Å². The molecule has 6 nitrogen and oxygen atoms in total. The van der Waals surface area contributed by atoms with Crippen LogP contribution in [0.5, 0.6) is 0 Å². The lowest BCUT2D eigenvalue weighted by molar-refractivity contribution is -0.125. The lowest BCUT2D eigenvalue weighted by atomic mass is 10.0. The first kappa shape index (κ1) is 17.8. The van der Waals surface area contributed by atoms with Crippen molar-refractivity contribution in [3.05, 3.63) is 17.5 Å². The highest BCUT2D eigenvalue weighted by Gasteiger charge is 2.36. The lowest BCUT2D eigenvalue weighted by Gasteiger charge is -2.24. The first-order valence-electron chi connectivity index (χ1n) is 8.01. The zero-order valence-corrected chi connectivity index (χ0v) is 15.0. The molecule has 7 heteroatoms. The second kappa shape index (κ2) is 7.86. The fraction of sp³-hybridized carbons (Fsp3) is 0.688. The van der Waals surface area contributed by atoms with E-state index in [1.807, 2.05) is 6.92 Å². The highest BCUT2D eigenvalue weighted by molar-refractivity contribution is 7.99. The zero-order valence-electron chi connectivity index (χ0n) is 14.2. The maximum atomic E-state index is 12.5. The molecule has 2 rings (SSSR count). The quantitative estimate of drug-likeness (QED) is 0.861. The number of nitrogens with zero attached hydrogens (tertiary/aromatic N) is 2. The number of rotatable bonds is 6. The molecular weight excluding hydrogens is 314 g/mol. The van der Waals surface area contributed by atoms with Crippen LogP contribution in [0.4, 0.5) is 0 Å². The van der Waals surface area contributed by atoms with Gasteiger partial charge in [0.25, 0.3) is 5.91 Å². The average Bonchev–Trinajstić information content (AvgIpc) is 3.13. The molecule has 23 heavy (non-hydrogen) atoms. The molecule has 0 spiro atoms. The fourth-order valence-electron chi connectivity index (χ4n) is 2.46. The maximum absolute atomic E-state index is 12.5. The minimum Gasteiger partial charge on any atom is -0.352 e.